The average Bonchev–Trinajstić information content (AvgIpc) is 2.87. The molecule has 0 spiro atoms. The van der Waals surface area contributed by atoms with Crippen LogP contribution in [-0.2, 0) is 4.79 Å². The van der Waals surface area contributed by atoms with Gasteiger partial charge in [0.15, 0.2) is 11.2 Å². The molecule has 37 heavy (non-hydrogen) atoms. The first-order chi connectivity index (χ1) is 17.8. The Balaban J connectivity index is 1.74. The summed E-state index contributed by atoms with van der Waals surface area (Å²) in [4.78, 5) is 27.8. The normalized spacial score (nSPS) is 18.3. The van der Waals surface area contributed by atoms with Gasteiger partial charge in [-0.1, -0.05) is 55.8 Å². The molecule has 6 heteroatoms. The largest absolute Gasteiger partial charge is 0.497 e. The predicted molar refractivity (Wildman–Crippen MR) is 145 cm³/mol. The number of rotatable bonds is 3. The van der Waals surface area contributed by atoms with Crippen LogP contribution in [0.2, 0.25) is 5.02 Å². The summed E-state index contributed by atoms with van der Waals surface area (Å²) in [7, 11) is 1.61. The number of carbonyl (C=O) groups is 1. The highest BCUT2D eigenvalue weighted by Gasteiger charge is 2.44. The zero-order valence-corrected chi connectivity index (χ0v) is 21.6. The van der Waals surface area contributed by atoms with Gasteiger partial charge in [-0.2, -0.15) is 0 Å². The molecule has 2 aliphatic rings. The maximum Gasteiger partial charge on any atom is 0.212 e. The number of para-hydroxylation sites is 1. The van der Waals surface area contributed by atoms with Gasteiger partial charge in [-0.05, 0) is 53.4 Å². The van der Waals surface area contributed by atoms with Gasteiger partial charge in [0.2, 0.25) is 5.88 Å². The summed E-state index contributed by atoms with van der Waals surface area (Å²) in [5.74, 6) is 1.21. The molecule has 0 saturated carbocycles. The summed E-state index contributed by atoms with van der Waals surface area (Å²) in [6, 6.07) is 22.6. The minimum atomic E-state index is -0.559. The second-order valence-electron chi connectivity index (χ2n) is 10.5. The van der Waals surface area contributed by atoms with Crippen LogP contribution >= 0.6 is 11.6 Å². The highest BCUT2D eigenvalue weighted by Crippen LogP contribution is 2.50. The third-order valence-corrected chi connectivity index (χ3v) is 7.50. The van der Waals surface area contributed by atoms with Gasteiger partial charge in [-0.3, -0.25) is 14.2 Å². The lowest BCUT2D eigenvalue weighted by atomic mass is 9.70. The standard InChI is InChI=1S/C31H26ClNO4/c1-31(2)16-24(34)27-25(17-31)37-30-28(26(27)18-9-12-21(36-3)13-10-18)29(35)22-14-11-19(32)15-23(22)33(30)20-7-5-4-6-8-20/h4-15,26H,16-17H2,1-3H3. The van der Waals surface area contributed by atoms with Gasteiger partial charge in [0, 0.05) is 34.5 Å². The van der Waals surface area contributed by atoms with E-state index >= 15 is 0 Å². The minimum Gasteiger partial charge on any atom is -0.497 e. The number of fused-ring (bicyclic) bond motifs is 2. The van der Waals surface area contributed by atoms with Gasteiger partial charge in [0.1, 0.15) is 11.5 Å². The van der Waals surface area contributed by atoms with Crippen LogP contribution in [0.15, 0.2) is 88.9 Å². The maximum absolute atomic E-state index is 14.2. The van der Waals surface area contributed by atoms with Crippen molar-refractivity contribution in [1.82, 2.24) is 4.57 Å². The summed E-state index contributed by atoms with van der Waals surface area (Å²) in [5.41, 5.74) is 2.94. The Hall–Kier alpha value is -3.83. The lowest BCUT2D eigenvalue weighted by Gasteiger charge is -2.39. The summed E-state index contributed by atoms with van der Waals surface area (Å²) in [6.07, 6.45) is 0.990. The van der Waals surface area contributed by atoms with Crippen LogP contribution in [0.5, 0.6) is 11.6 Å². The molecule has 0 N–H and O–H groups in total. The Morgan fingerprint density at radius 3 is 2.41 bits per heavy atom. The summed E-state index contributed by atoms with van der Waals surface area (Å²) in [5, 5.41) is 1.04. The maximum atomic E-state index is 14.2. The van der Waals surface area contributed by atoms with Gasteiger partial charge in [-0.25, -0.2) is 0 Å². The summed E-state index contributed by atoms with van der Waals surface area (Å²) < 4.78 is 13.9. The molecule has 1 aromatic heterocycles. The Kier molecular flexibility index (Phi) is 5.50. The van der Waals surface area contributed by atoms with Crippen LogP contribution < -0.4 is 14.9 Å². The SMILES string of the molecule is COc1ccc(C2C3=C(CC(C)(C)CC3=O)Oc3c2c(=O)c2ccc(Cl)cc2n3-c2ccccc2)cc1. The van der Waals surface area contributed by atoms with Crippen LogP contribution in [-0.4, -0.2) is 17.5 Å². The van der Waals surface area contributed by atoms with Gasteiger partial charge in [-0.15, -0.1) is 0 Å². The molecule has 1 atom stereocenters. The van der Waals surface area contributed by atoms with Crippen LogP contribution in [0.4, 0.5) is 0 Å². The monoisotopic (exact) mass is 511 g/mol. The molecule has 4 aromatic rings. The zero-order chi connectivity index (χ0) is 25.9. The smallest absolute Gasteiger partial charge is 0.212 e. The van der Waals surface area contributed by atoms with Crippen LogP contribution in [0.25, 0.3) is 16.6 Å². The van der Waals surface area contributed by atoms with E-state index in [1.807, 2.05) is 59.2 Å². The van der Waals surface area contributed by atoms with E-state index in [4.69, 9.17) is 21.1 Å². The van der Waals surface area contributed by atoms with E-state index < -0.39 is 5.92 Å². The van der Waals surface area contributed by atoms with E-state index in [1.165, 1.54) is 0 Å². The molecular formula is C31H26ClNO4. The average molecular weight is 512 g/mol. The van der Waals surface area contributed by atoms with Crippen molar-refractivity contribution in [3.05, 3.63) is 111 Å². The van der Waals surface area contributed by atoms with Gasteiger partial charge >= 0.3 is 0 Å². The lowest BCUT2D eigenvalue weighted by Crippen LogP contribution is -2.36. The molecule has 1 aliphatic heterocycles. The van der Waals surface area contributed by atoms with Crippen molar-refractivity contribution in [3.8, 4) is 17.3 Å². The first-order valence-corrected chi connectivity index (χ1v) is 12.7. The number of allylic oxidation sites excluding steroid dienone is 2. The molecule has 5 nitrogen and oxygen atoms in total. The number of halogens is 1. The number of methoxy groups -OCH3 is 1. The molecule has 186 valence electrons. The fourth-order valence-corrected chi connectivity index (χ4v) is 5.79. The molecule has 0 bridgehead atoms. The molecule has 0 saturated heterocycles. The Bertz CT molecular complexity index is 1650. The van der Waals surface area contributed by atoms with Crippen molar-refractivity contribution in [3.63, 3.8) is 0 Å². The number of benzene rings is 3. The number of pyridine rings is 1. The topological polar surface area (TPSA) is 57.5 Å². The Labute approximate surface area is 219 Å². The molecule has 1 aliphatic carbocycles. The second-order valence-corrected chi connectivity index (χ2v) is 10.9. The lowest BCUT2D eigenvalue weighted by molar-refractivity contribution is -0.118. The van der Waals surface area contributed by atoms with E-state index in [2.05, 4.69) is 13.8 Å². The number of hydrogen-bond acceptors (Lipinski definition) is 4. The zero-order valence-electron chi connectivity index (χ0n) is 20.9. The van der Waals surface area contributed by atoms with E-state index in [9.17, 15) is 9.59 Å². The van der Waals surface area contributed by atoms with Crippen molar-refractivity contribution in [2.24, 2.45) is 5.41 Å². The molecular weight excluding hydrogens is 486 g/mol. The molecule has 2 heterocycles. The number of ether oxygens (including phenoxy) is 2. The number of ketones is 1. The fraction of sp³-hybridized carbons (Fsp3) is 0.226. The molecule has 0 fully saturated rings. The van der Waals surface area contributed by atoms with E-state index in [-0.39, 0.29) is 16.6 Å². The number of aromatic nitrogens is 1. The predicted octanol–water partition coefficient (Wildman–Crippen LogP) is 6.82. The number of hydrogen-bond donors (Lipinski definition) is 0. The van der Waals surface area contributed by atoms with Crippen molar-refractivity contribution < 1.29 is 14.3 Å². The molecule has 0 amide bonds. The van der Waals surface area contributed by atoms with Gasteiger partial charge in [0.05, 0.1) is 24.1 Å². The second kappa shape index (κ2) is 8.63. The van der Waals surface area contributed by atoms with Crippen molar-refractivity contribution in [2.45, 2.75) is 32.6 Å². The van der Waals surface area contributed by atoms with Crippen LogP contribution in [0.1, 0.15) is 43.7 Å². The molecule has 6 rings (SSSR count). The van der Waals surface area contributed by atoms with E-state index in [1.54, 1.807) is 25.3 Å². The number of nitrogens with zero attached hydrogens (tertiary/aromatic N) is 1. The molecule has 0 radical (unpaired) electrons. The number of Topliss-reactive ketones (excluding diaryl/α,β-unsaturated/α-hetero) is 1. The highest BCUT2D eigenvalue weighted by atomic mass is 35.5. The van der Waals surface area contributed by atoms with Gasteiger partial charge in [0.25, 0.3) is 0 Å². The quantitative estimate of drug-likeness (QED) is 0.303. The van der Waals surface area contributed by atoms with Gasteiger partial charge < -0.3 is 9.47 Å². The van der Waals surface area contributed by atoms with Crippen molar-refractivity contribution in [1.29, 1.82) is 0 Å². The third-order valence-electron chi connectivity index (χ3n) is 7.26. The minimum absolute atomic E-state index is 0.0135. The number of carbonyl (C=O) groups excluding carboxylic acids is 1. The van der Waals surface area contributed by atoms with Crippen molar-refractivity contribution >= 4 is 28.3 Å². The molecule has 3 aromatic carbocycles. The van der Waals surface area contributed by atoms with Crippen LogP contribution in [0, 0.1) is 5.41 Å². The highest BCUT2D eigenvalue weighted by molar-refractivity contribution is 6.31. The molecule has 1 unspecified atom stereocenters. The first-order valence-electron chi connectivity index (χ1n) is 12.3. The summed E-state index contributed by atoms with van der Waals surface area (Å²) >= 11 is 6.41. The first kappa shape index (κ1) is 23.6. The Morgan fingerprint density at radius 2 is 1.70 bits per heavy atom. The van der Waals surface area contributed by atoms with E-state index in [0.717, 1.165) is 11.3 Å². The van der Waals surface area contributed by atoms with E-state index in [0.29, 0.717) is 57.3 Å². The van der Waals surface area contributed by atoms with Crippen molar-refractivity contribution in [2.75, 3.05) is 7.11 Å². The Morgan fingerprint density at radius 1 is 0.973 bits per heavy atom. The summed E-state index contributed by atoms with van der Waals surface area (Å²) in [6.45, 7) is 4.14. The van der Waals surface area contributed by atoms with Crippen LogP contribution in [0.3, 0.4) is 0 Å². The third kappa shape index (κ3) is 3.85. The fourth-order valence-electron chi connectivity index (χ4n) is 5.62.